The molecule has 17 heavy (non-hydrogen) atoms. The number of halogens is 2. The first kappa shape index (κ1) is 12.1. The molecule has 0 atom stereocenters. The van der Waals surface area contributed by atoms with E-state index in [1.54, 1.807) is 30.5 Å². The average molecular weight is 270 g/mol. The first-order chi connectivity index (χ1) is 8.20. The third kappa shape index (κ3) is 2.85. The van der Waals surface area contributed by atoms with Gasteiger partial charge in [-0.2, -0.15) is 4.98 Å². The molecule has 0 saturated carbocycles. The molecule has 0 amide bonds. The molecule has 0 radical (unpaired) electrons. The highest BCUT2D eigenvalue weighted by Crippen LogP contribution is 2.33. The Morgan fingerprint density at radius 2 is 2.06 bits per heavy atom. The van der Waals surface area contributed by atoms with Gasteiger partial charge >= 0.3 is 6.01 Å². The lowest BCUT2D eigenvalue weighted by molar-refractivity contribution is 0.439. The quantitative estimate of drug-likeness (QED) is 0.931. The van der Waals surface area contributed by atoms with Crippen LogP contribution in [0.15, 0.2) is 30.5 Å². The molecule has 1 heterocycles. The first-order valence-electron chi connectivity index (χ1n) is 4.84. The summed E-state index contributed by atoms with van der Waals surface area (Å²) in [5, 5.41) is 0.745. The van der Waals surface area contributed by atoms with Gasteiger partial charge in [-0.1, -0.05) is 29.3 Å². The molecule has 2 N–H and O–H groups in total. The molecule has 0 unspecified atom stereocenters. The Balaban J connectivity index is 2.28. The molecule has 1 aromatic carbocycles. The van der Waals surface area contributed by atoms with Gasteiger partial charge in [-0.3, -0.25) is 0 Å². The van der Waals surface area contributed by atoms with Gasteiger partial charge in [0.2, 0.25) is 0 Å². The van der Waals surface area contributed by atoms with Crippen LogP contribution in [0.2, 0.25) is 10.0 Å². The van der Waals surface area contributed by atoms with Gasteiger partial charge in [0.25, 0.3) is 0 Å². The molecule has 0 aliphatic carbocycles. The largest absolute Gasteiger partial charge is 0.423 e. The van der Waals surface area contributed by atoms with E-state index in [0.29, 0.717) is 28.0 Å². The predicted octanol–water partition coefficient (Wildman–Crippen LogP) is 3.03. The normalized spacial score (nSPS) is 10.3. The van der Waals surface area contributed by atoms with E-state index >= 15 is 0 Å². The second-order valence-corrected chi connectivity index (χ2v) is 3.97. The van der Waals surface area contributed by atoms with Gasteiger partial charge < -0.3 is 10.5 Å². The smallest absolute Gasteiger partial charge is 0.322 e. The Labute approximate surface area is 108 Å². The van der Waals surface area contributed by atoms with Crippen molar-refractivity contribution in [3.05, 3.63) is 46.2 Å². The number of nitrogens with zero attached hydrogens (tertiary/aromatic N) is 2. The fourth-order valence-corrected chi connectivity index (χ4v) is 1.53. The molecule has 0 bridgehead atoms. The number of benzene rings is 1. The van der Waals surface area contributed by atoms with Crippen molar-refractivity contribution in [2.24, 2.45) is 5.73 Å². The average Bonchev–Trinajstić information content (AvgIpc) is 2.35. The Kier molecular flexibility index (Phi) is 3.78. The zero-order valence-electron chi connectivity index (χ0n) is 8.73. The topological polar surface area (TPSA) is 61.0 Å². The van der Waals surface area contributed by atoms with Crippen LogP contribution >= 0.6 is 23.2 Å². The van der Waals surface area contributed by atoms with Gasteiger partial charge in [0.1, 0.15) is 5.02 Å². The Morgan fingerprint density at radius 3 is 2.82 bits per heavy atom. The highest BCUT2D eigenvalue weighted by molar-refractivity contribution is 6.42. The second kappa shape index (κ2) is 5.31. The monoisotopic (exact) mass is 269 g/mol. The lowest BCUT2D eigenvalue weighted by Gasteiger charge is -2.07. The zero-order chi connectivity index (χ0) is 12.3. The minimum absolute atomic E-state index is 0.192. The number of ether oxygens (including phenoxy) is 1. The summed E-state index contributed by atoms with van der Waals surface area (Å²) in [6.07, 6.45) is 1.57. The molecular formula is C11H9Cl2N3O. The minimum Gasteiger partial charge on any atom is -0.423 e. The van der Waals surface area contributed by atoms with Gasteiger partial charge in [0.15, 0.2) is 5.75 Å². The Hall–Kier alpha value is -1.36. The van der Waals surface area contributed by atoms with Crippen LogP contribution in [0.5, 0.6) is 11.8 Å². The summed E-state index contributed by atoms with van der Waals surface area (Å²) in [6.45, 7) is 0.322. The van der Waals surface area contributed by atoms with Gasteiger partial charge in [0.05, 0.1) is 10.7 Å². The van der Waals surface area contributed by atoms with E-state index in [1.807, 2.05) is 0 Å². The van der Waals surface area contributed by atoms with Crippen LogP contribution in [-0.4, -0.2) is 9.97 Å². The summed E-state index contributed by atoms with van der Waals surface area (Å²) < 4.78 is 5.44. The van der Waals surface area contributed by atoms with Crippen LogP contribution < -0.4 is 10.5 Å². The molecule has 1 aromatic heterocycles. The van der Waals surface area contributed by atoms with Crippen molar-refractivity contribution in [1.29, 1.82) is 0 Å². The van der Waals surface area contributed by atoms with E-state index < -0.39 is 0 Å². The van der Waals surface area contributed by atoms with Crippen molar-refractivity contribution in [2.75, 3.05) is 0 Å². The molecule has 6 heteroatoms. The molecule has 0 spiro atoms. The second-order valence-electron chi connectivity index (χ2n) is 3.19. The molecule has 0 saturated heterocycles. The van der Waals surface area contributed by atoms with Crippen molar-refractivity contribution < 1.29 is 4.74 Å². The molecule has 0 fully saturated rings. The summed E-state index contributed by atoms with van der Waals surface area (Å²) in [5.41, 5.74) is 6.16. The van der Waals surface area contributed by atoms with E-state index in [4.69, 9.17) is 33.7 Å². The first-order valence-corrected chi connectivity index (χ1v) is 5.60. The van der Waals surface area contributed by atoms with Crippen molar-refractivity contribution in [1.82, 2.24) is 9.97 Å². The lowest BCUT2D eigenvalue weighted by atomic mass is 10.3. The van der Waals surface area contributed by atoms with Gasteiger partial charge in [-0.05, 0) is 18.2 Å². The molecule has 88 valence electrons. The number of hydrogen-bond donors (Lipinski definition) is 1. The number of aromatic nitrogens is 2. The molecule has 2 rings (SSSR count). The molecular weight excluding hydrogens is 261 g/mol. The van der Waals surface area contributed by atoms with E-state index in [1.165, 1.54) is 0 Å². The Morgan fingerprint density at radius 1 is 1.24 bits per heavy atom. The van der Waals surface area contributed by atoms with E-state index in [9.17, 15) is 0 Å². The van der Waals surface area contributed by atoms with Crippen molar-refractivity contribution >= 4 is 23.2 Å². The van der Waals surface area contributed by atoms with Crippen molar-refractivity contribution in [2.45, 2.75) is 6.54 Å². The van der Waals surface area contributed by atoms with Crippen molar-refractivity contribution in [3.63, 3.8) is 0 Å². The maximum Gasteiger partial charge on any atom is 0.322 e. The predicted molar refractivity (Wildman–Crippen MR) is 66.5 cm³/mol. The molecule has 0 aliphatic heterocycles. The van der Waals surface area contributed by atoms with Gasteiger partial charge in [0, 0.05) is 12.7 Å². The maximum absolute atomic E-state index is 5.98. The fourth-order valence-electron chi connectivity index (χ4n) is 1.20. The molecule has 4 nitrogen and oxygen atoms in total. The summed E-state index contributed by atoms with van der Waals surface area (Å²) in [6, 6.07) is 7.00. The highest BCUT2D eigenvalue weighted by atomic mass is 35.5. The summed E-state index contributed by atoms with van der Waals surface area (Å²) in [7, 11) is 0. The van der Waals surface area contributed by atoms with Crippen LogP contribution in [0.4, 0.5) is 0 Å². The molecule has 0 aliphatic rings. The van der Waals surface area contributed by atoms with Crippen molar-refractivity contribution in [3.8, 4) is 11.8 Å². The lowest BCUT2D eigenvalue weighted by Crippen LogP contribution is -2.01. The standard InChI is InChI=1S/C11H9Cl2N3O/c12-8-2-1-3-9(10(8)13)17-11-15-5-4-7(6-14)16-11/h1-5H,6,14H2. The number of rotatable bonds is 3. The number of nitrogens with two attached hydrogens (primary N) is 1. The van der Waals surface area contributed by atoms with Crippen LogP contribution in [-0.2, 0) is 6.54 Å². The van der Waals surface area contributed by atoms with Crippen LogP contribution in [0.25, 0.3) is 0 Å². The number of hydrogen-bond acceptors (Lipinski definition) is 4. The third-order valence-corrected chi connectivity index (χ3v) is 2.82. The van der Waals surface area contributed by atoms with Gasteiger partial charge in [-0.15, -0.1) is 0 Å². The van der Waals surface area contributed by atoms with Crippen LogP contribution in [0.1, 0.15) is 5.69 Å². The summed E-state index contributed by atoms with van der Waals surface area (Å²) in [4.78, 5) is 8.06. The fraction of sp³-hybridized carbons (Fsp3) is 0.0909. The van der Waals surface area contributed by atoms with E-state index in [-0.39, 0.29) is 6.01 Å². The highest BCUT2D eigenvalue weighted by Gasteiger charge is 2.08. The summed E-state index contributed by atoms with van der Waals surface area (Å²) >= 11 is 11.8. The van der Waals surface area contributed by atoms with Crippen LogP contribution in [0, 0.1) is 0 Å². The third-order valence-electron chi connectivity index (χ3n) is 2.02. The minimum atomic E-state index is 0.192. The SMILES string of the molecule is NCc1ccnc(Oc2cccc(Cl)c2Cl)n1. The van der Waals surface area contributed by atoms with Gasteiger partial charge in [-0.25, -0.2) is 4.98 Å². The molecule has 2 aromatic rings. The zero-order valence-corrected chi connectivity index (χ0v) is 10.2. The van der Waals surface area contributed by atoms with E-state index in [0.717, 1.165) is 0 Å². The maximum atomic E-state index is 5.98. The van der Waals surface area contributed by atoms with E-state index in [2.05, 4.69) is 9.97 Å². The Bertz CT molecular complexity index is 534. The van der Waals surface area contributed by atoms with Crippen LogP contribution in [0.3, 0.4) is 0 Å². The summed E-state index contributed by atoms with van der Waals surface area (Å²) in [5.74, 6) is 0.410.